The summed E-state index contributed by atoms with van der Waals surface area (Å²) in [5.74, 6) is 0. The Bertz CT molecular complexity index is 443. The van der Waals surface area contributed by atoms with Gasteiger partial charge in [0.1, 0.15) is 0 Å². The minimum Gasteiger partial charge on any atom is -0.388 e. The molecule has 19 heavy (non-hydrogen) atoms. The Labute approximate surface area is 122 Å². The SMILES string of the molecule is OC1(CNC2CCCc3sc(Cl)cc32)CCOCC1. The predicted molar refractivity (Wildman–Crippen MR) is 78.0 cm³/mol. The fourth-order valence-corrected chi connectivity index (χ4v) is 4.36. The van der Waals surface area contributed by atoms with Gasteiger partial charge in [0.15, 0.2) is 0 Å². The lowest BCUT2D eigenvalue weighted by atomic mass is 9.91. The highest BCUT2D eigenvalue weighted by atomic mass is 35.5. The Morgan fingerprint density at radius 3 is 3.05 bits per heavy atom. The van der Waals surface area contributed by atoms with Gasteiger partial charge in [-0.3, -0.25) is 0 Å². The van der Waals surface area contributed by atoms with Gasteiger partial charge in [0.2, 0.25) is 0 Å². The van der Waals surface area contributed by atoms with Crippen molar-refractivity contribution in [2.75, 3.05) is 19.8 Å². The third kappa shape index (κ3) is 3.14. The van der Waals surface area contributed by atoms with Crippen molar-refractivity contribution < 1.29 is 9.84 Å². The lowest BCUT2D eigenvalue weighted by Crippen LogP contribution is -2.46. The van der Waals surface area contributed by atoms with Gasteiger partial charge >= 0.3 is 0 Å². The minimum absolute atomic E-state index is 0.347. The number of hydrogen-bond donors (Lipinski definition) is 2. The molecule has 1 aliphatic heterocycles. The first-order valence-corrected chi connectivity index (χ1v) is 8.17. The van der Waals surface area contributed by atoms with Gasteiger partial charge in [-0.1, -0.05) is 11.6 Å². The van der Waals surface area contributed by atoms with Crippen LogP contribution in [0.4, 0.5) is 0 Å². The highest BCUT2D eigenvalue weighted by Gasteiger charge is 2.31. The quantitative estimate of drug-likeness (QED) is 0.902. The van der Waals surface area contributed by atoms with Gasteiger partial charge in [0.25, 0.3) is 0 Å². The van der Waals surface area contributed by atoms with Crippen LogP contribution in [0.3, 0.4) is 0 Å². The van der Waals surface area contributed by atoms with Crippen LogP contribution >= 0.6 is 22.9 Å². The summed E-state index contributed by atoms with van der Waals surface area (Å²) in [6, 6.07) is 2.44. The van der Waals surface area contributed by atoms with Crippen molar-refractivity contribution in [3.63, 3.8) is 0 Å². The molecule has 1 fully saturated rings. The first-order chi connectivity index (χ1) is 9.16. The molecule has 2 aliphatic rings. The maximum Gasteiger partial charge on any atom is 0.0934 e. The van der Waals surface area contributed by atoms with Crippen molar-refractivity contribution in [1.82, 2.24) is 5.32 Å². The van der Waals surface area contributed by atoms with Crippen LogP contribution in [0.25, 0.3) is 0 Å². The molecule has 0 radical (unpaired) electrons. The van der Waals surface area contributed by atoms with Crippen molar-refractivity contribution in [3.05, 3.63) is 20.8 Å². The second-order valence-electron chi connectivity index (χ2n) is 5.59. The Balaban J connectivity index is 1.64. The summed E-state index contributed by atoms with van der Waals surface area (Å²) >= 11 is 7.81. The minimum atomic E-state index is -0.602. The summed E-state index contributed by atoms with van der Waals surface area (Å²) in [7, 11) is 0. The lowest BCUT2D eigenvalue weighted by Gasteiger charge is -2.34. The lowest BCUT2D eigenvalue weighted by molar-refractivity contribution is -0.0630. The molecule has 5 heteroatoms. The summed E-state index contributed by atoms with van der Waals surface area (Å²) in [5.41, 5.74) is 0.743. The topological polar surface area (TPSA) is 41.5 Å². The van der Waals surface area contributed by atoms with Gasteiger partial charge in [-0.15, -0.1) is 11.3 Å². The smallest absolute Gasteiger partial charge is 0.0934 e. The molecule has 1 aromatic heterocycles. The van der Waals surface area contributed by atoms with E-state index in [-0.39, 0.29) is 0 Å². The molecular weight excluding hydrogens is 282 g/mol. The zero-order valence-corrected chi connectivity index (χ0v) is 12.5. The van der Waals surface area contributed by atoms with Crippen LogP contribution in [0.15, 0.2) is 6.07 Å². The number of fused-ring (bicyclic) bond motifs is 1. The van der Waals surface area contributed by atoms with Crippen LogP contribution in [0.1, 0.15) is 42.2 Å². The van der Waals surface area contributed by atoms with Crippen LogP contribution in [-0.2, 0) is 11.2 Å². The maximum absolute atomic E-state index is 10.5. The van der Waals surface area contributed by atoms with Crippen LogP contribution in [0, 0.1) is 0 Å². The van der Waals surface area contributed by atoms with Gasteiger partial charge in [-0.05, 0) is 30.9 Å². The van der Waals surface area contributed by atoms with E-state index in [1.54, 1.807) is 11.3 Å². The van der Waals surface area contributed by atoms with E-state index in [0.717, 1.165) is 30.0 Å². The highest BCUT2D eigenvalue weighted by Crippen LogP contribution is 2.38. The molecule has 0 amide bonds. The molecule has 3 rings (SSSR count). The van der Waals surface area contributed by atoms with E-state index in [2.05, 4.69) is 11.4 Å². The number of aryl methyl sites for hydroxylation is 1. The number of ether oxygens (including phenoxy) is 1. The fraction of sp³-hybridized carbons (Fsp3) is 0.714. The Hall–Kier alpha value is -0.130. The van der Waals surface area contributed by atoms with Crippen LogP contribution < -0.4 is 5.32 Å². The average Bonchev–Trinajstić information content (AvgIpc) is 2.78. The molecule has 0 aromatic carbocycles. The molecular formula is C14H20ClNO2S. The van der Waals surface area contributed by atoms with E-state index in [1.165, 1.54) is 16.9 Å². The standard InChI is InChI=1S/C14H20ClNO2S/c15-13-8-10-11(2-1-3-12(10)19-13)16-9-14(17)4-6-18-7-5-14/h8,11,16-17H,1-7,9H2. The van der Waals surface area contributed by atoms with E-state index in [0.29, 0.717) is 25.8 Å². The highest BCUT2D eigenvalue weighted by molar-refractivity contribution is 7.16. The predicted octanol–water partition coefficient (Wildman–Crippen LogP) is 2.91. The van der Waals surface area contributed by atoms with E-state index >= 15 is 0 Å². The summed E-state index contributed by atoms with van der Waals surface area (Å²) in [5, 5.41) is 14.0. The van der Waals surface area contributed by atoms with Crippen molar-refractivity contribution >= 4 is 22.9 Å². The molecule has 106 valence electrons. The second kappa shape index (κ2) is 5.70. The summed E-state index contributed by atoms with van der Waals surface area (Å²) in [6.45, 7) is 1.98. The average molecular weight is 302 g/mol. The van der Waals surface area contributed by atoms with Crippen molar-refractivity contribution in [1.29, 1.82) is 0 Å². The first kappa shape index (κ1) is 13.8. The van der Waals surface area contributed by atoms with E-state index < -0.39 is 5.60 Å². The summed E-state index contributed by atoms with van der Waals surface area (Å²) in [6.07, 6.45) is 4.92. The Morgan fingerprint density at radius 1 is 1.47 bits per heavy atom. The number of hydrogen-bond acceptors (Lipinski definition) is 4. The molecule has 2 heterocycles. The summed E-state index contributed by atoms with van der Waals surface area (Å²) < 4.78 is 6.19. The van der Waals surface area contributed by atoms with Gasteiger partial charge in [-0.25, -0.2) is 0 Å². The van der Waals surface area contributed by atoms with Crippen molar-refractivity contribution in [3.8, 4) is 0 Å². The van der Waals surface area contributed by atoms with Crippen molar-refractivity contribution in [2.45, 2.75) is 43.7 Å². The third-order valence-corrected chi connectivity index (χ3v) is 5.52. The number of nitrogens with one attached hydrogen (secondary N) is 1. The van der Waals surface area contributed by atoms with Gasteiger partial charge < -0.3 is 15.2 Å². The van der Waals surface area contributed by atoms with Crippen molar-refractivity contribution in [2.24, 2.45) is 0 Å². The molecule has 0 spiro atoms. The first-order valence-electron chi connectivity index (χ1n) is 6.98. The van der Waals surface area contributed by atoms with Gasteiger partial charge in [0, 0.05) is 43.5 Å². The molecule has 1 aliphatic carbocycles. The molecule has 3 nitrogen and oxygen atoms in total. The Kier molecular flexibility index (Phi) is 4.15. The zero-order chi connectivity index (χ0) is 13.3. The molecule has 1 unspecified atom stereocenters. The maximum atomic E-state index is 10.5. The second-order valence-corrected chi connectivity index (χ2v) is 7.36. The van der Waals surface area contributed by atoms with Crippen LogP contribution in [0.2, 0.25) is 4.34 Å². The monoisotopic (exact) mass is 301 g/mol. The zero-order valence-electron chi connectivity index (χ0n) is 11.0. The van der Waals surface area contributed by atoms with Gasteiger partial charge in [0.05, 0.1) is 9.94 Å². The number of halogens is 1. The number of rotatable bonds is 3. The molecule has 0 bridgehead atoms. The molecule has 1 saturated heterocycles. The largest absolute Gasteiger partial charge is 0.388 e. The normalized spacial score (nSPS) is 26.1. The molecule has 0 saturated carbocycles. The Morgan fingerprint density at radius 2 is 2.26 bits per heavy atom. The van der Waals surface area contributed by atoms with E-state index in [4.69, 9.17) is 16.3 Å². The van der Waals surface area contributed by atoms with Crippen LogP contribution in [-0.4, -0.2) is 30.5 Å². The number of aliphatic hydroxyl groups is 1. The van der Waals surface area contributed by atoms with Gasteiger partial charge in [-0.2, -0.15) is 0 Å². The van der Waals surface area contributed by atoms with Crippen LogP contribution in [0.5, 0.6) is 0 Å². The van der Waals surface area contributed by atoms with E-state index in [9.17, 15) is 5.11 Å². The molecule has 1 atom stereocenters. The molecule has 1 aromatic rings. The van der Waals surface area contributed by atoms with E-state index in [1.807, 2.05) is 0 Å². The molecule has 2 N–H and O–H groups in total. The summed E-state index contributed by atoms with van der Waals surface area (Å²) in [4.78, 5) is 1.41. The third-order valence-electron chi connectivity index (χ3n) is 4.18. The number of thiophene rings is 1. The fourth-order valence-electron chi connectivity index (χ4n) is 2.97.